The number of hydrogen-bond acceptors (Lipinski definition) is 4. The van der Waals surface area contributed by atoms with Crippen molar-refractivity contribution in [2.75, 3.05) is 11.9 Å². The van der Waals surface area contributed by atoms with Crippen molar-refractivity contribution in [3.8, 4) is 5.75 Å². The van der Waals surface area contributed by atoms with E-state index in [1.165, 1.54) is 23.1 Å². The molecule has 1 aliphatic heterocycles. The number of phenols is 1. The lowest BCUT2D eigenvalue weighted by molar-refractivity contribution is -0.116. The summed E-state index contributed by atoms with van der Waals surface area (Å²) < 4.78 is 0. The molecule has 3 rings (SSSR count). The molecule has 2 aromatic carbocycles. The molecule has 2 aromatic rings. The van der Waals surface area contributed by atoms with Gasteiger partial charge in [0.15, 0.2) is 0 Å². The molecule has 140 valence electrons. The van der Waals surface area contributed by atoms with Crippen molar-refractivity contribution >= 4 is 35.0 Å². The third kappa shape index (κ3) is 4.28. The first-order chi connectivity index (χ1) is 13.0. The largest absolute Gasteiger partial charge is 0.506 e. The van der Waals surface area contributed by atoms with Crippen LogP contribution >= 0.6 is 11.6 Å². The highest BCUT2D eigenvalue weighted by atomic mass is 35.5. The van der Waals surface area contributed by atoms with Gasteiger partial charge in [-0.2, -0.15) is 0 Å². The molecule has 0 bridgehead atoms. The lowest BCUT2D eigenvalue weighted by Crippen LogP contribution is -2.30. The Hall–Kier alpha value is -2.86. The highest BCUT2D eigenvalue weighted by molar-refractivity contribution is 6.31. The van der Waals surface area contributed by atoms with Gasteiger partial charge in [0.2, 0.25) is 5.91 Å². The average Bonchev–Trinajstić information content (AvgIpc) is 2.89. The summed E-state index contributed by atoms with van der Waals surface area (Å²) in [6.45, 7) is 0.336. The van der Waals surface area contributed by atoms with Crippen molar-refractivity contribution in [2.45, 2.75) is 25.7 Å². The summed E-state index contributed by atoms with van der Waals surface area (Å²) in [5, 5.41) is 12.7. The maximum absolute atomic E-state index is 12.2. The molecule has 27 heavy (non-hydrogen) atoms. The Kier molecular flexibility index (Phi) is 5.76. The number of aromatic hydroxyl groups is 1. The van der Waals surface area contributed by atoms with Crippen LogP contribution in [0.5, 0.6) is 5.75 Å². The molecule has 0 spiro atoms. The number of halogens is 1. The van der Waals surface area contributed by atoms with Crippen LogP contribution in [-0.2, 0) is 4.79 Å². The van der Waals surface area contributed by atoms with Gasteiger partial charge >= 0.3 is 0 Å². The molecule has 0 aromatic heterocycles. The Bertz CT molecular complexity index is 862. The number of anilines is 1. The van der Waals surface area contributed by atoms with E-state index in [2.05, 4.69) is 5.32 Å². The van der Waals surface area contributed by atoms with Crippen LogP contribution in [0.3, 0.4) is 0 Å². The number of unbranched alkanes of at least 4 members (excludes halogenated alkanes) is 2. The molecule has 2 N–H and O–H groups in total. The maximum atomic E-state index is 12.2. The van der Waals surface area contributed by atoms with E-state index in [-0.39, 0.29) is 35.6 Å². The number of carbonyl (C=O) groups is 3. The Morgan fingerprint density at radius 2 is 1.67 bits per heavy atom. The van der Waals surface area contributed by atoms with Crippen LogP contribution in [0, 0.1) is 0 Å². The Balaban J connectivity index is 1.41. The molecule has 0 unspecified atom stereocenters. The molecule has 0 saturated carbocycles. The number of rotatable bonds is 7. The van der Waals surface area contributed by atoms with Crippen molar-refractivity contribution in [1.82, 2.24) is 4.90 Å². The van der Waals surface area contributed by atoms with Crippen molar-refractivity contribution in [3.05, 3.63) is 58.6 Å². The zero-order valence-electron chi connectivity index (χ0n) is 14.6. The summed E-state index contributed by atoms with van der Waals surface area (Å²) in [6, 6.07) is 11.2. The van der Waals surface area contributed by atoms with E-state index in [1.54, 1.807) is 24.3 Å². The Morgan fingerprint density at radius 3 is 2.33 bits per heavy atom. The smallest absolute Gasteiger partial charge is 0.261 e. The molecule has 0 fully saturated rings. The number of amides is 3. The summed E-state index contributed by atoms with van der Waals surface area (Å²) in [4.78, 5) is 37.7. The van der Waals surface area contributed by atoms with Crippen LogP contribution in [-0.4, -0.2) is 34.3 Å². The topological polar surface area (TPSA) is 86.7 Å². The highest BCUT2D eigenvalue weighted by Crippen LogP contribution is 2.27. The molecular formula is C20H19ClN2O4. The highest BCUT2D eigenvalue weighted by Gasteiger charge is 2.34. The van der Waals surface area contributed by atoms with Crippen molar-refractivity contribution in [1.29, 1.82) is 0 Å². The zero-order chi connectivity index (χ0) is 19.4. The van der Waals surface area contributed by atoms with Gasteiger partial charge in [-0.25, -0.2) is 0 Å². The van der Waals surface area contributed by atoms with E-state index < -0.39 is 0 Å². The third-order valence-corrected chi connectivity index (χ3v) is 4.63. The van der Waals surface area contributed by atoms with E-state index in [1.807, 2.05) is 0 Å². The van der Waals surface area contributed by atoms with Crippen LogP contribution < -0.4 is 5.32 Å². The Morgan fingerprint density at radius 1 is 1.00 bits per heavy atom. The van der Waals surface area contributed by atoms with Crippen molar-refractivity contribution in [3.63, 3.8) is 0 Å². The van der Waals surface area contributed by atoms with E-state index in [0.29, 0.717) is 42.0 Å². The van der Waals surface area contributed by atoms with E-state index in [4.69, 9.17) is 11.6 Å². The molecule has 1 aliphatic rings. The van der Waals surface area contributed by atoms with Gasteiger partial charge in [-0.3, -0.25) is 19.3 Å². The summed E-state index contributed by atoms with van der Waals surface area (Å²) in [7, 11) is 0. The lowest BCUT2D eigenvalue weighted by atomic mass is 10.1. The Labute approximate surface area is 161 Å². The minimum atomic E-state index is -0.259. The second-order valence-corrected chi connectivity index (χ2v) is 6.76. The van der Waals surface area contributed by atoms with Crippen molar-refractivity contribution < 1.29 is 19.5 Å². The maximum Gasteiger partial charge on any atom is 0.261 e. The first kappa shape index (κ1) is 18.9. The summed E-state index contributed by atoms with van der Waals surface area (Å²) in [5.74, 6) is -0.791. The summed E-state index contributed by atoms with van der Waals surface area (Å²) >= 11 is 5.84. The molecule has 1 heterocycles. The first-order valence-electron chi connectivity index (χ1n) is 8.71. The number of imide groups is 1. The summed E-state index contributed by atoms with van der Waals surface area (Å²) in [5.41, 5.74) is 1.17. The SMILES string of the molecule is O=C(CCCCCN1C(=O)c2ccccc2C1=O)Nc1cc(Cl)ccc1O. The molecule has 7 heteroatoms. The minimum absolute atomic E-state index is 0.0432. The zero-order valence-corrected chi connectivity index (χ0v) is 15.3. The van der Waals surface area contributed by atoms with Crippen LogP contribution in [0.15, 0.2) is 42.5 Å². The quantitative estimate of drug-likeness (QED) is 0.430. The van der Waals surface area contributed by atoms with Gasteiger partial charge in [0, 0.05) is 18.0 Å². The number of hydrogen-bond donors (Lipinski definition) is 2. The van der Waals surface area contributed by atoms with Gasteiger partial charge in [0.05, 0.1) is 16.8 Å². The standard InChI is InChI=1S/C20H19ClN2O4/c21-13-9-10-17(24)16(12-13)22-18(25)8-2-1-5-11-23-19(26)14-6-3-4-7-15(14)20(23)27/h3-4,6-7,9-10,12,24H,1-2,5,8,11H2,(H,22,25). The van der Waals surface area contributed by atoms with E-state index >= 15 is 0 Å². The predicted octanol–water partition coefficient (Wildman–Crippen LogP) is 3.84. The second-order valence-electron chi connectivity index (χ2n) is 6.33. The van der Waals surface area contributed by atoms with Gasteiger partial charge in [-0.05, 0) is 43.2 Å². The lowest BCUT2D eigenvalue weighted by Gasteiger charge is -2.13. The molecule has 0 saturated heterocycles. The van der Waals surface area contributed by atoms with Crippen LogP contribution in [0.2, 0.25) is 5.02 Å². The van der Waals surface area contributed by atoms with Gasteiger partial charge in [0.1, 0.15) is 5.75 Å². The summed E-state index contributed by atoms with van der Waals surface area (Å²) in [6.07, 6.45) is 2.20. The van der Waals surface area contributed by atoms with Gasteiger partial charge in [-0.1, -0.05) is 30.2 Å². The molecule has 3 amide bonds. The minimum Gasteiger partial charge on any atom is -0.506 e. The molecule has 0 aliphatic carbocycles. The normalized spacial score (nSPS) is 13.0. The molecule has 0 atom stereocenters. The number of phenolic OH excluding ortho intramolecular Hbond substituents is 1. The average molecular weight is 387 g/mol. The fraction of sp³-hybridized carbons (Fsp3) is 0.250. The van der Waals surface area contributed by atoms with Gasteiger partial charge in [0.25, 0.3) is 11.8 Å². The van der Waals surface area contributed by atoms with Crippen LogP contribution in [0.1, 0.15) is 46.4 Å². The number of carbonyl (C=O) groups excluding carboxylic acids is 3. The van der Waals surface area contributed by atoms with E-state index in [9.17, 15) is 19.5 Å². The second kappa shape index (κ2) is 8.22. The number of fused-ring (bicyclic) bond motifs is 1. The van der Waals surface area contributed by atoms with Gasteiger partial charge < -0.3 is 10.4 Å². The first-order valence-corrected chi connectivity index (χ1v) is 9.09. The third-order valence-electron chi connectivity index (χ3n) is 4.40. The van der Waals surface area contributed by atoms with Crippen LogP contribution in [0.4, 0.5) is 5.69 Å². The number of nitrogens with one attached hydrogen (secondary N) is 1. The fourth-order valence-corrected chi connectivity index (χ4v) is 3.17. The molecular weight excluding hydrogens is 368 g/mol. The van der Waals surface area contributed by atoms with Gasteiger partial charge in [-0.15, -0.1) is 0 Å². The van der Waals surface area contributed by atoms with E-state index in [0.717, 1.165) is 0 Å². The monoisotopic (exact) mass is 386 g/mol. The number of benzene rings is 2. The number of nitrogens with zero attached hydrogens (tertiary/aromatic N) is 1. The molecule has 0 radical (unpaired) electrons. The van der Waals surface area contributed by atoms with Crippen molar-refractivity contribution in [2.24, 2.45) is 0 Å². The molecule has 6 nitrogen and oxygen atoms in total. The fourth-order valence-electron chi connectivity index (χ4n) is 3.00. The van der Waals surface area contributed by atoms with Crippen LogP contribution in [0.25, 0.3) is 0 Å². The predicted molar refractivity (Wildman–Crippen MR) is 102 cm³/mol.